The van der Waals surface area contributed by atoms with Gasteiger partial charge in [-0.1, -0.05) is 0 Å². The second-order valence-corrected chi connectivity index (χ2v) is 0. The van der Waals surface area contributed by atoms with Crippen molar-refractivity contribution in [2.75, 3.05) is 0 Å². The quantitative estimate of drug-likeness (QED) is 0.342. The Hall–Kier alpha value is 0.568. The molecule has 4 heteroatoms. The van der Waals surface area contributed by atoms with E-state index in [4.69, 9.17) is 0 Å². The summed E-state index contributed by atoms with van der Waals surface area (Å²) in [4.78, 5) is 0. The molecule has 0 rings (SSSR count). The van der Waals surface area contributed by atoms with E-state index < -0.39 is 0 Å². The van der Waals surface area contributed by atoms with E-state index in [0.29, 0.717) is 0 Å². The molecule has 0 aliphatic rings. The maximum atomic E-state index is 0. The van der Waals surface area contributed by atoms with E-state index in [2.05, 4.69) is 0 Å². The molecule has 4 heavy (non-hydrogen) atoms. The number of hydrogen-bond acceptors (Lipinski definition) is 0. The standard InChI is InChI=1S/Mo.3H2O/h;3*1H2. The average Bonchev–Trinajstić information content (AvgIpc) is 0. The summed E-state index contributed by atoms with van der Waals surface area (Å²) in [6, 6.07) is 0. The van der Waals surface area contributed by atoms with Crippen molar-refractivity contribution in [2.45, 2.75) is 0 Å². The molecule has 0 unspecified atom stereocenters. The molecular formula is H6MoO3. The second-order valence-electron chi connectivity index (χ2n) is 0. The van der Waals surface area contributed by atoms with Gasteiger partial charge in [0.25, 0.3) is 0 Å². The molecule has 0 heterocycles. The van der Waals surface area contributed by atoms with Crippen LogP contribution in [0.3, 0.4) is 0 Å². The van der Waals surface area contributed by atoms with Gasteiger partial charge in [0.2, 0.25) is 0 Å². The van der Waals surface area contributed by atoms with Gasteiger partial charge in [0, 0.05) is 21.1 Å². The summed E-state index contributed by atoms with van der Waals surface area (Å²) < 4.78 is 0. The van der Waals surface area contributed by atoms with E-state index in [0.717, 1.165) is 0 Å². The molecule has 30 valence electrons. The maximum Gasteiger partial charge on any atom is 0 e. The van der Waals surface area contributed by atoms with Gasteiger partial charge in [-0.15, -0.1) is 0 Å². The summed E-state index contributed by atoms with van der Waals surface area (Å²) in [6.45, 7) is 0. The van der Waals surface area contributed by atoms with Gasteiger partial charge in [0.05, 0.1) is 0 Å². The molecule has 0 aromatic heterocycles. The van der Waals surface area contributed by atoms with Crippen molar-refractivity contribution in [1.82, 2.24) is 0 Å². The molecule has 0 spiro atoms. The summed E-state index contributed by atoms with van der Waals surface area (Å²) in [5.41, 5.74) is 0. The minimum absolute atomic E-state index is 0. The van der Waals surface area contributed by atoms with Crippen LogP contribution in [0.1, 0.15) is 0 Å². The van der Waals surface area contributed by atoms with Gasteiger partial charge in [0.15, 0.2) is 0 Å². The van der Waals surface area contributed by atoms with Crippen molar-refractivity contribution in [3.63, 3.8) is 0 Å². The molecule has 0 atom stereocenters. The fourth-order valence-corrected chi connectivity index (χ4v) is 0. The van der Waals surface area contributed by atoms with Crippen LogP contribution in [0.4, 0.5) is 0 Å². The van der Waals surface area contributed by atoms with Crippen molar-refractivity contribution in [3.8, 4) is 0 Å². The monoisotopic (exact) mass is 152 g/mol. The molecule has 0 radical (unpaired) electrons. The van der Waals surface area contributed by atoms with E-state index in [-0.39, 0.29) is 37.5 Å². The summed E-state index contributed by atoms with van der Waals surface area (Å²) in [5, 5.41) is 0. The Morgan fingerprint density at radius 3 is 0.500 bits per heavy atom. The third-order valence-corrected chi connectivity index (χ3v) is 0. The van der Waals surface area contributed by atoms with Crippen molar-refractivity contribution in [1.29, 1.82) is 0 Å². The number of hydrogen-bond donors (Lipinski definition) is 0. The molecule has 0 amide bonds. The van der Waals surface area contributed by atoms with Crippen LogP contribution in [0.2, 0.25) is 0 Å². The zero-order valence-corrected chi connectivity index (χ0v) is 3.92. The first kappa shape index (κ1) is 180. The molecule has 0 aliphatic carbocycles. The Balaban J connectivity index is 0. The van der Waals surface area contributed by atoms with E-state index in [1.54, 1.807) is 0 Å². The van der Waals surface area contributed by atoms with E-state index in [1.165, 1.54) is 0 Å². The Morgan fingerprint density at radius 2 is 0.500 bits per heavy atom. The van der Waals surface area contributed by atoms with Gasteiger partial charge in [-0.25, -0.2) is 0 Å². The van der Waals surface area contributed by atoms with E-state index >= 15 is 0 Å². The van der Waals surface area contributed by atoms with Crippen LogP contribution in [0, 0.1) is 0 Å². The molecule has 6 N–H and O–H groups in total. The molecule has 0 saturated heterocycles. The largest absolute Gasteiger partial charge is 0.412 e. The maximum absolute atomic E-state index is 0. The van der Waals surface area contributed by atoms with Crippen LogP contribution in [0.25, 0.3) is 0 Å². The molecule has 0 aromatic carbocycles. The predicted molar refractivity (Wildman–Crippen MR) is 10.8 cm³/mol. The van der Waals surface area contributed by atoms with Crippen LogP contribution >= 0.6 is 0 Å². The zero-order chi connectivity index (χ0) is 0. The van der Waals surface area contributed by atoms with Gasteiger partial charge in [-0.3, -0.25) is 0 Å². The van der Waals surface area contributed by atoms with Gasteiger partial charge in [-0.2, -0.15) is 0 Å². The Morgan fingerprint density at radius 1 is 0.500 bits per heavy atom. The third kappa shape index (κ3) is 19.6. The van der Waals surface area contributed by atoms with Crippen LogP contribution in [0.5, 0.6) is 0 Å². The van der Waals surface area contributed by atoms with Gasteiger partial charge < -0.3 is 16.4 Å². The van der Waals surface area contributed by atoms with E-state index in [9.17, 15) is 0 Å². The first-order valence-electron chi connectivity index (χ1n) is 0. The normalized spacial score (nSPS) is 0. The summed E-state index contributed by atoms with van der Waals surface area (Å²) in [7, 11) is 0. The Bertz CT molecular complexity index is 3.25. The molecule has 3 nitrogen and oxygen atoms in total. The summed E-state index contributed by atoms with van der Waals surface area (Å²) in [6.07, 6.45) is 0. The van der Waals surface area contributed by atoms with Gasteiger partial charge in [0.1, 0.15) is 0 Å². The minimum atomic E-state index is 0. The number of rotatable bonds is 0. The molecule has 0 saturated carbocycles. The topological polar surface area (TPSA) is 94.5 Å². The zero-order valence-electron chi connectivity index (χ0n) is 1.91. The van der Waals surface area contributed by atoms with Crippen molar-refractivity contribution in [3.05, 3.63) is 0 Å². The summed E-state index contributed by atoms with van der Waals surface area (Å²) >= 11 is 0. The van der Waals surface area contributed by atoms with Crippen LogP contribution in [-0.2, 0) is 21.1 Å². The second kappa shape index (κ2) is 72.9. The Labute approximate surface area is 38.2 Å². The molecule has 0 aromatic rings. The minimum Gasteiger partial charge on any atom is -0.412 e. The van der Waals surface area contributed by atoms with Crippen LogP contribution < -0.4 is 0 Å². The van der Waals surface area contributed by atoms with Gasteiger partial charge in [-0.05, 0) is 0 Å². The van der Waals surface area contributed by atoms with Crippen molar-refractivity contribution >= 4 is 0 Å². The average molecular weight is 150 g/mol. The van der Waals surface area contributed by atoms with Crippen LogP contribution in [0.15, 0.2) is 0 Å². The fraction of sp³-hybridized carbons (Fsp3) is 0. The first-order chi connectivity index (χ1) is 0. The smallest absolute Gasteiger partial charge is 0 e. The summed E-state index contributed by atoms with van der Waals surface area (Å²) in [5.74, 6) is 0. The first-order valence-corrected chi connectivity index (χ1v) is 0. The predicted octanol–water partition coefficient (Wildman–Crippen LogP) is -2.48. The van der Waals surface area contributed by atoms with Gasteiger partial charge >= 0.3 is 0 Å². The molecule has 0 aliphatic heterocycles. The third-order valence-electron chi connectivity index (χ3n) is 0. The molecule has 0 bridgehead atoms. The van der Waals surface area contributed by atoms with Crippen LogP contribution in [-0.4, -0.2) is 16.4 Å². The molecular weight excluding hydrogens is 144 g/mol. The Kier molecular flexibility index (Phi) is 3280. The fourth-order valence-electron chi connectivity index (χ4n) is 0. The SMILES string of the molecule is O.O.O.[Mo]. The van der Waals surface area contributed by atoms with E-state index in [1.807, 2.05) is 0 Å². The van der Waals surface area contributed by atoms with Crippen molar-refractivity contribution < 1.29 is 37.5 Å². The molecule has 0 fully saturated rings. The van der Waals surface area contributed by atoms with Crippen molar-refractivity contribution in [2.24, 2.45) is 0 Å².